The van der Waals surface area contributed by atoms with Crippen molar-refractivity contribution in [2.24, 2.45) is 5.73 Å². The van der Waals surface area contributed by atoms with Crippen LogP contribution in [0.1, 0.15) is 43.9 Å². The van der Waals surface area contributed by atoms with Gasteiger partial charge in [-0.05, 0) is 49.8 Å². The van der Waals surface area contributed by atoms with E-state index in [1.54, 1.807) is 0 Å². The topological polar surface area (TPSA) is 72.2 Å². The fourth-order valence-corrected chi connectivity index (χ4v) is 4.40. The van der Waals surface area contributed by atoms with E-state index in [0.29, 0.717) is 17.0 Å². The molecule has 1 aromatic carbocycles. The van der Waals surface area contributed by atoms with Gasteiger partial charge in [0.05, 0.1) is 12.0 Å². The van der Waals surface area contributed by atoms with Crippen LogP contribution in [0.3, 0.4) is 0 Å². The lowest BCUT2D eigenvalue weighted by Crippen LogP contribution is -2.19. The highest BCUT2D eigenvalue weighted by Crippen LogP contribution is 2.38. The van der Waals surface area contributed by atoms with Crippen molar-refractivity contribution in [3.63, 3.8) is 0 Å². The Kier molecular flexibility index (Phi) is 4.22. The molecule has 0 saturated carbocycles. The maximum atomic E-state index is 12.4. The Balaban J connectivity index is 1.81. The fraction of sp³-hybridized carbons (Fsp3) is 0.333. The number of amides is 2. The van der Waals surface area contributed by atoms with Gasteiger partial charge < -0.3 is 11.1 Å². The van der Waals surface area contributed by atoms with Crippen molar-refractivity contribution in [1.29, 1.82) is 0 Å². The number of primary amides is 1. The second kappa shape index (κ2) is 6.16. The van der Waals surface area contributed by atoms with E-state index in [1.165, 1.54) is 16.2 Å². The van der Waals surface area contributed by atoms with E-state index >= 15 is 0 Å². The smallest absolute Gasteiger partial charge is 0.251 e. The zero-order valence-corrected chi connectivity index (χ0v) is 14.2. The van der Waals surface area contributed by atoms with E-state index in [9.17, 15) is 9.59 Å². The summed E-state index contributed by atoms with van der Waals surface area (Å²) < 4.78 is 0. The molecule has 1 aliphatic carbocycles. The predicted molar refractivity (Wildman–Crippen MR) is 93.1 cm³/mol. The first-order valence-corrected chi connectivity index (χ1v) is 8.57. The van der Waals surface area contributed by atoms with Gasteiger partial charge in [0, 0.05) is 4.88 Å². The van der Waals surface area contributed by atoms with E-state index in [4.69, 9.17) is 5.73 Å². The third kappa shape index (κ3) is 3.15. The number of thiophene rings is 1. The Hall–Kier alpha value is -2.14. The van der Waals surface area contributed by atoms with Crippen LogP contribution in [0.5, 0.6) is 0 Å². The molecule has 120 valence electrons. The first-order chi connectivity index (χ1) is 11.0. The van der Waals surface area contributed by atoms with Gasteiger partial charge in [-0.2, -0.15) is 0 Å². The van der Waals surface area contributed by atoms with Gasteiger partial charge >= 0.3 is 0 Å². The molecule has 0 spiro atoms. The van der Waals surface area contributed by atoms with Crippen molar-refractivity contribution >= 4 is 28.2 Å². The normalized spacial score (nSPS) is 13.0. The standard InChI is InChI=1S/C18H20N2O2S/c1-10-6-7-11(2)12(8-10)9-15(21)20-18-16(17(19)22)13-4-3-5-14(13)23-18/h6-8H,3-5,9H2,1-2H3,(H2,19,22)(H,20,21). The van der Waals surface area contributed by atoms with Gasteiger partial charge in [0.15, 0.2) is 0 Å². The summed E-state index contributed by atoms with van der Waals surface area (Å²) in [6.07, 6.45) is 3.19. The molecule has 0 bridgehead atoms. The third-order valence-electron chi connectivity index (χ3n) is 4.28. The molecule has 2 amide bonds. The van der Waals surface area contributed by atoms with Crippen LogP contribution in [0.2, 0.25) is 0 Å². The maximum Gasteiger partial charge on any atom is 0.251 e. The van der Waals surface area contributed by atoms with Crippen LogP contribution < -0.4 is 11.1 Å². The molecular formula is C18H20N2O2S. The molecule has 0 radical (unpaired) electrons. The fourth-order valence-electron chi connectivity index (χ4n) is 3.09. The largest absolute Gasteiger partial charge is 0.365 e. The van der Waals surface area contributed by atoms with Crippen molar-refractivity contribution < 1.29 is 9.59 Å². The Morgan fingerprint density at radius 1 is 1.26 bits per heavy atom. The number of hydrogen-bond donors (Lipinski definition) is 2. The van der Waals surface area contributed by atoms with Gasteiger partial charge in [-0.15, -0.1) is 11.3 Å². The molecule has 0 aliphatic heterocycles. The maximum absolute atomic E-state index is 12.4. The first kappa shape index (κ1) is 15.7. The molecule has 0 saturated heterocycles. The number of fused-ring (bicyclic) bond motifs is 1. The van der Waals surface area contributed by atoms with Crippen LogP contribution in [-0.2, 0) is 24.1 Å². The molecule has 1 aliphatic rings. The Morgan fingerprint density at radius 2 is 2.04 bits per heavy atom. The lowest BCUT2D eigenvalue weighted by atomic mass is 10.0. The highest BCUT2D eigenvalue weighted by Gasteiger charge is 2.26. The van der Waals surface area contributed by atoms with Gasteiger partial charge in [-0.1, -0.05) is 23.8 Å². The van der Waals surface area contributed by atoms with Crippen LogP contribution >= 0.6 is 11.3 Å². The number of rotatable bonds is 4. The molecule has 5 heteroatoms. The monoisotopic (exact) mass is 328 g/mol. The van der Waals surface area contributed by atoms with Gasteiger partial charge in [0.2, 0.25) is 5.91 Å². The highest BCUT2D eigenvalue weighted by molar-refractivity contribution is 7.17. The number of anilines is 1. The minimum absolute atomic E-state index is 0.110. The third-order valence-corrected chi connectivity index (χ3v) is 5.48. The van der Waals surface area contributed by atoms with Crippen LogP contribution in [-0.4, -0.2) is 11.8 Å². The second-order valence-electron chi connectivity index (χ2n) is 6.08. The van der Waals surface area contributed by atoms with Crippen molar-refractivity contribution in [3.05, 3.63) is 50.9 Å². The number of carbonyl (C=O) groups excluding carboxylic acids is 2. The summed E-state index contributed by atoms with van der Waals surface area (Å²) in [6.45, 7) is 4.01. The molecule has 23 heavy (non-hydrogen) atoms. The number of nitrogens with two attached hydrogens (primary N) is 1. The summed E-state index contributed by atoms with van der Waals surface area (Å²) in [6, 6.07) is 6.08. The van der Waals surface area contributed by atoms with Crippen LogP contribution in [0.15, 0.2) is 18.2 Å². The second-order valence-corrected chi connectivity index (χ2v) is 7.19. The van der Waals surface area contributed by atoms with Gasteiger partial charge in [-0.3, -0.25) is 9.59 Å². The van der Waals surface area contributed by atoms with Gasteiger partial charge in [0.25, 0.3) is 5.91 Å². The number of benzene rings is 1. The van der Waals surface area contributed by atoms with Crippen molar-refractivity contribution in [3.8, 4) is 0 Å². The predicted octanol–water partition coefficient (Wildman–Crippen LogP) is 3.13. The van der Waals surface area contributed by atoms with Gasteiger partial charge in [0.1, 0.15) is 5.00 Å². The summed E-state index contributed by atoms with van der Waals surface area (Å²) >= 11 is 1.49. The zero-order chi connectivity index (χ0) is 16.6. The Morgan fingerprint density at radius 3 is 2.78 bits per heavy atom. The molecule has 0 unspecified atom stereocenters. The number of nitrogens with one attached hydrogen (secondary N) is 1. The number of carbonyl (C=O) groups is 2. The first-order valence-electron chi connectivity index (χ1n) is 7.76. The van der Waals surface area contributed by atoms with Gasteiger partial charge in [-0.25, -0.2) is 0 Å². The lowest BCUT2D eigenvalue weighted by Gasteiger charge is -2.09. The minimum Gasteiger partial charge on any atom is -0.365 e. The molecule has 1 aromatic heterocycles. The molecule has 1 heterocycles. The average Bonchev–Trinajstić information content (AvgIpc) is 3.02. The van der Waals surface area contributed by atoms with Crippen LogP contribution in [0, 0.1) is 13.8 Å². The summed E-state index contributed by atoms with van der Waals surface area (Å²) in [5, 5.41) is 3.50. The molecule has 0 fully saturated rings. The lowest BCUT2D eigenvalue weighted by molar-refractivity contribution is -0.115. The molecule has 2 aromatic rings. The summed E-state index contributed by atoms with van der Waals surface area (Å²) in [7, 11) is 0. The van der Waals surface area contributed by atoms with E-state index in [2.05, 4.69) is 5.32 Å². The number of aryl methyl sites for hydroxylation is 3. The molecule has 4 nitrogen and oxygen atoms in total. The molecular weight excluding hydrogens is 308 g/mol. The van der Waals surface area contributed by atoms with E-state index in [1.807, 2.05) is 32.0 Å². The molecule has 3 rings (SSSR count). The van der Waals surface area contributed by atoms with E-state index in [0.717, 1.165) is 41.5 Å². The van der Waals surface area contributed by atoms with Crippen molar-refractivity contribution in [2.45, 2.75) is 39.5 Å². The van der Waals surface area contributed by atoms with Crippen molar-refractivity contribution in [2.75, 3.05) is 5.32 Å². The summed E-state index contributed by atoms with van der Waals surface area (Å²) in [5.41, 5.74) is 10.3. The summed E-state index contributed by atoms with van der Waals surface area (Å²) in [5.74, 6) is -0.562. The van der Waals surface area contributed by atoms with Crippen LogP contribution in [0.25, 0.3) is 0 Å². The van der Waals surface area contributed by atoms with E-state index < -0.39 is 5.91 Å². The molecule has 3 N–H and O–H groups in total. The zero-order valence-electron chi connectivity index (χ0n) is 13.4. The minimum atomic E-state index is -0.452. The average molecular weight is 328 g/mol. The van der Waals surface area contributed by atoms with Crippen molar-refractivity contribution in [1.82, 2.24) is 0 Å². The summed E-state index contributed by atoms with van der Waals surface area (Å²) in [4.78, 5) is 25.3. The van der Waals surface area contributed by atoms with Crippen LogP contribution in [0.4, 0.5) is 5.00 Å². The molecule has 0 atom stereocenters. The van der Waals surface area contributed by atoms with E-state index in [-0.39, 0.29) is 5.91 Å². The SMILES string of the molecule is Cc1ccc(C)c(CC(=O)Nc2sc3c(c2C(N)=O)CCC3)c1. The Labute approximate surface area is 139 Å². The Bertz CT molecular complexity index is 793. The number of hydrogen-bond acceptors (Lipinski definition) is 3. The quantitative estimate of drug-likeness (QED) is 0.905. The highest BCUT2D eigenvalue weighted by atomic mass is 32.1.